The van der Waals surface area contributed by atoms with Gasteiger partial charge in [-0.2, -0.15) is 0 Å². The van der Waals surface area contributed by atoms with E-state index >= 15 is 0 Å². The number of carbonyl (C=O) groups is 1. The molecule has 1 amide bonds. The SMILES string of the molecule is COc1ccc([C@@H]2CC(=O)Nc3c(-c4cccc(F)c4)csc32)c(OC)c1. The largest absolute Gasteiger partial charge is 0.497 e. The van der Waals surface area contributed by atoms with Crippen molar-refractivity contribution in [2.24, 2.45) is 0 Å². The van der Waals surface area contributed by atoms with Gasteiger partial charge in [-0.3, -0.25) is 4.79 Å². The van der Waals surface area contributed by atoms with Gasteiger partial charge in [0.15, 0.2) is 0 Å². The molecule has 0 unspecified atom stereocenters. The standard InChI is InChI=1S/C21H18FNO3S/c1-25-14-6-7-15(18(9-14)26-2)16-10-19(24)23-20-17(11-27-21(16)20)12-4-3-5-13(22)8-12/h3-9,11,16H,10H2,1-2H3,(H,23,24)/t16-/m0/s1. The number of thiophene rings is 1. The van der Waals surface area contributed by atoms with Gasteiger partial charge in [-0.25, -0.2) is 4.39 Å². The van der Waals surface area contributed by atoms with E-state index in [1.54, 1.807) is 31.6 Å². The molecular formula is C21H18FNO3S. The minimum absolute atomic E-state index is 0.0681. The second-order valence-electron chi connectivity index (χ2n) is 6.31. The molecule has 0 radical (unpaired) electrons. The van der Waals surface area contributed by atoms with E-state index in [4.69, 9.17) is 9.47 Å². The van der Waals surface area contributed by atoms with E-state index in [2.05, 4.69) is 5.32 Å². The number of hydrogen-bond donors (Lipinski definition) is 1. The summed E-state index contributed by atoms with van der Waals surface area (Å²) in [6.45, 7) is 0. The van der Waals surface area contributed by atoms with Crippen LogP contribution in [-0.4, -0.2) is 20.1 Å². The van der Waals surface area contributed by atoms with Crippen molar-refractivity contribution >= 4 is 22.9 Å². The van der Waals surface area contributed by atoms with Gasteiger partial charge in [0.05, 0.1) is 19.9 Å². The number of halogens is 1. The molecule has 4 rings (SSSR count). The molecule has 4 nitrogen and oxygen atoms in total. The summed E-state index contributed by atoms with van der Waals surface area (Å²) in [6.07, 6.45) is 0.332. The summed E-state index contributed by atoms with van der Waals surface area (Å²) in [5.74, 6) is 0.884. The fourth-order valence-electron chi connectivity index (χ4n) is 3.45. The number of amides is 1. The first-order valence-electron chi connectivity index (χ1n) is 8.49. The summed E-state index contributed by atoms with van der Waals surface area (Å²) in [5, 5.41) is 4.94. The lowest BCUT2D eigenvalue weighted by Crippen LogP contribution is -2.22. The Labute approximate surface area is 160 Å². The Balaban J connectivity index is 1.82. The fourth-order valence-corrected chi connectivity index (χ4v) is 4.60. The molecule has 1 atom stereocenters. The number of methoxy groups -OCH3 is 2. The highest BCUT2D eigenvalue weighted by Crippen LogP contribution is 2.48. The Hall–Kier alpha value is -2.86. The summed E-state index contributed by atoms with van der Waals surface area (Å²) in [6, 6.07) is 12.0. The van der Waals surface area contributed by atoms with Crippen molar-refractivity contribution in [1.29, 1.82) is 0 Å². The molecular weight excluding hydrogens is 365 g/mol. The third-order valence-corrected chi connectivity index (χ3v) is 5.84. The van der Waals surface area contributed by atoms with Crippen molar-refractivity contribution < 1.29 is 18.7 Å². The van der Waals surface area contributed by atoms with E-state index in [9.17, 15) is 9.18 Å². The highest BCUT2D eigenvalue weighted by molar-refractivity contribution is 7.11. The average molecular weight is 383 g/mol. The van der Waals surface area contributed by atoms with Crippen LogP contribution in [0.2, 0.25) is 0 Å². The highest BCUT2D eigenvalue weighted by atomic mass is 32.1. The maximum absolute atomic E-state index is 13.7. The summed E-state index contributed by atoms with van der Waals surface area (Å²) in [5.41, 5.74) is 3.27. The molecule has 6 heteroatoms. The molecule has 0 spiro atoms. The van der Waals surface area contributed by atoms with Crippen LogP contribution in [0.5, 0.6) is 11.5 Å². The second kappa shape index (κ2) is 7.04. The quantitative estimate of drug-likeness (QED) is 0.686. The Morgan fingerprint density at radius 3 is 2.74 bits per heavy atom. The predicted molar refractivity (Wildman–Crippen MR) is 104 cm³/mol. The summed E-state index contributed by atoms with van der Waals surface area (Å²) in [4.78, 5) is 13.5. The van der Waals surface area contributed by atoms with Gasteiger partial charge in [0.1, 0.15) is 17.3 Å². The number of hydrogen-bond acceptors (Lipinski definition) is 4. The van der Waals surface area contributed by atoms with Crippen LogP contribution in [0.1, 0.15) is 22.8 Å². The van der Waals surface area contributed by atoms with E-state index in [0.717, 1.165) is 27.3 Å². The monoisotopic (exact) mass is 383 g/mol. The molecule has 1 N–H and O–H groups in total. The van der Waals surface area contributed by atoms with E-state index < -0.39 is 0 Å². The molecule has 3 aromatic rings. The van der Waals surface area contributed by atoms with Gasteiger partial charge in [0.25, 0.3) is 0 Å². The first kappa shape index (κ1) is 17.5. The molecule has 138 valence electrons. The number of ether oxygens (including phenoxy) is 2. The molecule has 1 aromatic heterocycles. The maximum Gasteiger partial charge on any atom is 0.225 e. The van der Waals surface area contributed by atoms with Gasteiger partial charge < -0.3 is 14.8 Å². The second-order valence-corrected chi connectivity index (χ2v) is 7.22. The van der Waals surface area contributed by atoms with Crippen LogP contribution >= 0.6 is 11.3 Å². The number of anilines is 1. The van der Waals surface area contributed by atoms with Gasteiger partial charge >= 0.3 is 0 Å². The van der Waals surface area contributed by atoms with Crippen LogP contribution in [-0.2, 0) is 4.79 Å². The molecule has 27 heavy (non-hydrogen) atoms. The van der Waals surface area contributed by atoms with Crippen molar-refractivity contribution in [1.82, 2.24) is 0 Å². The summed E-state index contributed by atoms with van der Waals surface area (Å²) < 4.78 is 24.5. The van der Waals surface area contributed by atoms with E-state index in [1.165, 1.54) is 12.1 Å². The number of carbonyl (C=O) groups excluding carboxylic acids is 1. The zero-order valence-corrected chi connectivity index (χ0v) is 15.7. The van der Waals surface area contributed by atoms with Crippen molar-refractivity contribution in [2.45, 2.75) is 12.3 Å². The van der Waals surface area contributed by atoms with Gasteiger partial charge in [-0.15, -0.1) is 11.3 Å². The maximum atomic E-state index is 13.7. The first-order valence-corrected chi connectivity index (χ1v) is 9.37. The number of nitrogens with one attached hydrogen (secondary N) is 1. The van der Waals surface area contributed by atoms with Gasteiger partial charge in [-0.1, -0.05) is 18.2 Å². The van der Waals surface area contributed by atoms with E-state index in [1.807, 2.05) is 29.6 Å². The van der Waals surface area contributed by atoms with Crippen LogP contribution in [0, 0.1) is 5.82 Å². The van der Waals surface area contributed by atoms with Crippen molar-refractivity contribution in [3.8, 4) is 22.6 Å². The molecule has 1 aliphatic heterocycles. The van der Waals surface area contributed by atoms with E-state index in [-0.39, 0.29) is 17.6 Å². The lowest BCUT2D eigenvalue weighted by molar-refractivity contribution is -0.116. The molecule has 0 saturated carbocycles. The number of rotatable bonds is 4. The molecule has 2 aromatic carbocycles. The smallest absolute Gasteiger partial charge is 0.225 e. The molecule has 0 bridgehead atoms. The Bertz CT molecular complexity index is 1010. The minimum Gasteiger partial charge on any atom is -0.497 e. The van der Waals surface area contributed by atoms with Crippen molar-refractivity contribution in [3.05, 3.63) is 64.1 Å². The molecule has 0 fully saturated rings. The van der Waals surface area contributed by atoms with Crippen LogP contribution < -0.4 is 14.8 Å². The normalized spacial score (nSPS) is 15.8. The van der Waals surface area contributed by atoms with Crippen LogP contribution in [0.15, 0.2) is 47.8 Å². The van der Waals surface area contributed by atoms with Gasteiger partial charge in [0.2, 0.25) is 5.91 Å². The third-order valence-electron chi connectivity index (χ3n) is 4.74. The summed E-state index contributed by atoms with van der Waals surface area (Å²) in [7, 11) is 3.21. The Morgan fingerprint density at radius 2 is 2.00 bits per heavy atom. The van der Waals surface area contributed by atoms with E-state index in [0.29, 0.717) is 17.9 Å². The number of fused-ring (bicyclic) bond motifs is 1. The zero-order chi connectivity index (χ0) is 19.0. The Morgan fingerprint density at radius 1 is 1.15 bits per heavy atom. The molecule has 2 heterocycles. The predicted octanol–water partition coefficient (Wildman–Crippen LogP) is 5.05. The van der Waals surface area contributed by atoms with Crippen molar-refractivity contribution in [3.63, 3.8) is 0 Å². The highest BCUT2D eigenvalue weighted by Gasteiger charge is 2.32. The van der Waals surface area contributed by atoms with Gasteiger partial charge in [0, 0.05) is 39.8 Å². The third kappa shape index (κ3) is 3.17. The number of benzene rings is 2. The van der Waals surface area contributed by atoms with Crippen LogP contribution in [0.3, 0.4) is 0 Å². The Kier molecular flexibility index (Phi) is 4.58. The van der Waals surface area contributed by atoms with Gasteiger partial charge in [-0.05, 0) is 23.8 Å². The lowest BCUT2D eigenvalue weighted by Gasteiger charge is -2.25. The topological polar surface area (TPSA) is 47.6 Å². The fraction of sp³-hybridized carbons (Fsp3) is 0.190. The van der Waals surface area contributed by atoms with Crippen LogP contribution in [0.25, 0.3) is 11.1 Å². The molecule has 0 aliphatic carbocycles. The zero-order valence-electron chi connectivity index (χ0n) is 14.9. The summed E-state index contributed by atoms with van der Waals surface area (Å²) >= 11 is 1.56. The van der Waals surface area contributed by atoms with Crippen molar-refractivity contribution in [2.75, 3.05) is 19.5 Å². The lowest BCUT2D eigenvalue weighted by atomic mass is 9.88. The minimum atomic E-state index is -0.303. The average Bonchev–Trinajstić information content (AvgIpc) is 3.10. The van der Waals surface area contributed by atoms with Crippen LogP contribution in [0.4, 0.5) is 10.1 Å². The molecule has 1 aliphatic rings. The molecule has 0 saturated heterocycles. The first-order chi connectivity index (χ1) is 13.1.